The molecular weight excluding hydrogens is 504 g/mol. The first-order valence-corrected chi connectivity index (χ1v) is 8.65. The van der Waals surface area contributed by atoms with Crippen LogP contribution in [0.2, 0.25) is 0 Å². The van der Waals surface area contributed by atoms with Gasteiger partial charge in [-0.2, -0.15) is 0 Å². The summed E-state index contributed by atoms with van der Waals surface area (Å²) < 4.78 is 119. The Bertz CT molecular complexity index is 1170. The van der Waals surface area contributed by atoms with Crippen LogP contribution >= 0.6 is 0 Å². The smallest absolute Gasteiger partial charge is 0.344 e. The number of nitrogens with zero attached hydrogens (tertiary/aromatic N) is 6. The summed E-state index contributed by atoms with van der Waals surface area (Å²) in [5.41, 5.74) is 9.33. The molecule has 10 nitrogen and oxygen atoms in total. The molecule has 0 saturated heterocycles. The van der Waals surface area contributed by atoms with Crippen LogP contribution in [0.5, 0.6) is 0 Å². The molecule has 0 aliphatic rings. The van der Waals surface area contributed by atoms with Gasteiger partial charge in [-0.25, -0.2) is 44.7 Å². The van der Waals surface area contributed by atoms with E-state index in [0.717, 1.165) is 0 Å². The summed E-state index contributed by atoms with van der Waals surface area (Å²) in [4.78, 5) is 27.5. The summed E-state index contributed by atoms with van der Waals surface area (Å²) in [5.74, 6) is -21.5. The maximum Gasteiger partial charge on any atom is 0.344 e. The number of esters is 2. The van der Waals surface area contributed by atoms with Crippen molar-refractivity contribution in [2.24, 2.45) is 10.2 Å². The fourth-order valence-corrected chi connectivity index (χ4v) is 2.40. The maximum atomic E-state index is 13.9. The zero-order valence-electron chi connectivity index (χ0n) is 16.5. The third kappa shape index (κ3) is 5.18. The third-order valence-corrected chi connectivity index (χ3v) is 3.93. The van der Waals surface area contributed by atoms with E-state index in [4.69, 9.17) is 11.1 Å². The maximum absolute atomic E-state index is 13.9. The van der Waals surface area contributed by atoms with Crippen molar-refractivity contribution in [1.29, 1.82) is 0 Å². The van der Waals surface area contributed by atoms with E-state index in [1.54, 1.807) is 0 Å². The summed E-state index contributed by atoms with van der Waals surface area (Å²) in [6.45, 7) is -1.67. The Hall–Kier alpha value is -4.56. The van der Waals surface area contributed by atoms with Gasteiger partial charge in [-0.3, -0.25) is 0 Å². The highest BCUT2D eigenvalue weighted by Gasteiger charge is 2.31. The van der Waals surface area contributed by atoms with E-state index in [0.29, 0.717) is 0 Å². The summed E-state index contributed by atoms with van der Waals surface area (Å²) in [7, 11) is 0. The lowest BCUT2D eigenvalue weighted by atomic mass is 10.1. The molecule has 0 amide bonds. The number of carbonyl (C=O) groups is 2. The highest BCUT2D eigenvalue weighted by Crippen LogP contribution is 2.32. The predicted molar refractivity (Wildman–Crippen MR) is 95.3 cm³/mol. The molecule has 0 N–H and O–H groups in total. The van der Waals surface area contributed by atoms with Crippen LogP contribution in [-0.4, -0.2) is 25.2 Å². The van der Waals surface area contributed by atoms with Crippen molar-refractivity contribution in [1.82, 2.24) is 0 Å². The van der Waals surface area contributed by atoms with Crippen LogP contribution in [0.15, 0.2) is 10.2 Å². The van der Waals surface area contributed by atoms with E-state index in [1.807, 2.05) is 9.82 Å². The van der Waals surface area contributed by atoms with Gasteiger partial charge >= 0.3 is 11.9 Å². The Morgan fingerprint density at radius 2 is 0.886 bits per heavy atom. The first-order valence-electron chi connectivity index (χ1n) is 8.65. The Kier molecular flexibility index (Phi) is 8.42. The van der Waals surface area contributed by atoms with Gasteiger partial charge in [0.05, 0.1) is 13.2 Å². The van der Waals surface area contributed by atoms with Gasteiger partial charge in [0, 0.05) is 16.2 Å². The molecule has 0 aliphatic heterocycles. The summed E-state index contributed by atoms with van der Waals surface area (Å²) in [6, 6.07) is 0. The first-order chi connectivity index (χ1) is 16.5. The van der Waals surface area contributed by atoms with Gasteiger partial charge in [0.15, 0.2) is 46.5 Å². The van der Waals surface area contributed by atoms with E-state index in [1.165, 1.54) is 0 Å². The lowest BCUT2D eigenvalue weighted by molar-refractivity contribution is 0.0382. The van der Waals surface area contributed by atoms with Crippen molar-refractivity contribution in [3.63, 3.8) is 0 Å². The molecule has 184 valence electrons. The minimum atomic E-state index is -2.23. The summed E-state index contributed by atoms with van der Waals surface area (Å²) >= 11 is 0. The fraction of sp³-hybridized carbons (Fsp3) is 0.176. The van der Waals surface area contributed by atoms with Crippen LogP contribution in [0, 0.1) is 46.5 Å². The fourth-order valence-electron chi connectivity index (χ4n) is 2.40. The molecule has 0 atom stereocenters. The van der Waals surface area contributed by atoms with Gasteiger partial charge in [-0.1, -0.05) is 10.2 Å². The molecular formula is C17H6F8N6O4. The summed E-state index contributed by atoms with van der Waals surface area (Å²) in [5, 5.41) is 4.84. The molecule has 0 aliphatic carbocycles. The average Bonchev–Trinajstić information content (AvgIpc) is 2.82. The normalized spacial score (nSPS) is 10.3. The molecule has 2 aromatic rings. The largest absolute Gasteiger partial charge is 0.462 e. The SMILES string of the molecule is [N-]=[N+]=Nc1c(F)c(F)c(C(=O)OCCCOC(=O)c2c(F)c(F)c(N=[N+]=[N-])c(F)c2F)c(F)c1F. The van der Waals surface area contributed by atoms with Gasteiger partial charge in [-0.15, -0.1) is 0 Å². The van der Waals surface area contributed by atoms with E-state index in [9.17, 15) is 44.7 Å². The number of hydrogen-bond acceptors (Lipinski definition) is 6. The number of rotatable bonds is 8. The summed E-state index contributed by atoms with van der Waals surface area (Å²) in [6.07, 6.45) is -0.534. The van der Waals surface area contributed by atoms with Crippen LogP contribution in [0.4, 0.5) is 46.5 Å². The van der Waals surface area contributed by atoms with Crippen LogP contribution < -0.4 is 0 Å². The minimum Gasteiger partial charge on any atom is -0.462 e. The second-order valence-electron chi connectivity index (χ2n) is 5.96. The van der Waals surface area contributed by atoms with Gasteiger partial charge in [0.25, 0.3) is 0 Å². The molecule has 0 radical (unpaired) electrons. The van der Waals surface area contributed by atoms with E-state index in [2.05, 4.69) is 19.7 Å². The quantitative estimate of drug-likeness (QED) is 0.0803. The molecule has 0 bridgehead atoms. The number of ether oxygens (including phenoxy) is 2. The zero-order chi connectivity index (χ0) is 26.4. The molecule has 0 heterocycles. The van der Waals surface area contributed by atoms with Crippen molar-refractivity contribution in [2.45, 2.75) is 6.42 Å². The third-order valence-electron chi connectivity index (χ3n) is 3.93. The van der Waals surface area contributed by atoms with Gasteiger partial charge in [0.2, 0.25) is 0 Å². The van der Waals surface area contributed by atoms with Crippen molar-refractivity contribution >= 4 is 23.3 Å². The average molecular weight is 510 g/mol. The van der Waals surface area contributed by atoms with Crippen molar-refractivity contribution < 1.29 is 54.2 Å². The Labute approximate surface area is 186 Å². The number of halogens is 8. The van der Waals surface area contributed by atoms with Crippen molar-refractivity contribution in [3.05, 3.63) is 78.6 Å². The molecule has 2 rings (SSSR count). The van der Waals surface area contributed by atoms with Gasteiger partial charge in [0.1, 0.15) is 22.5 Å². The molecule has 0 unspecified atom stereocenters. The number of carbonyl (C=O) groups excluding carboxylic acids is 2. The molecule has 18 heteroatoms. The second-order valence-corrected chi connectivity index (χ2v) is 5.96. The van der Waals surface area contributed by atoms with Gasteiger partial charge in [-0.05, 0) is 11.1 Å². The first kappa shape index (κ1) is 26.7. The highest BCUT2D eigenvalue weighted by molar-refractivity contribution is 5.91. The molecule has 2 aromatic carbocycles. The molecule has 0 saturated carbocycles. The Morgan fingerprint density at radius 1 is 0.600 bits per heavy atom. The Balaban J connectivity index is 2.06. The number of azide groups is 2. The minimum absolute atomic E-state index is 0.534. The van der Waals surface area contributed by atoms with Crippen molar-refractivity contribution in [3.8, 4) is 0 Å². The molecule has 0 spiro atoms. The standard InChI is InChI=1S/C17H6F8N6O4/c18-6-4(7(19)11(23)14(10(6)22)28-30-26)16(32)34-2-1-3-35-17(33)5-8(20)12(24)15(29-31-27)13(25)9(5)21/h1-3H2. The zero-order valence-corrected chi connectivity index (χ0v) is 16.5. The monoisotopic (exact) mass is 510 g/mol. The number of benzene rings is 2. The topological polar surface area (TPSA) is 150 Å². The lowest BCUT2D eigenvalue weighted by Crippen LogP contribution is -2.17. The van der Waals surface area contributed by atoms with Crippen molar-refractivity contribution in [2.75, 3.05) is 13.2 Å². The lowest BCUT2D eigenvalue weighted by Gasteiger charge is -2.11. The van der Waals surface area contributed by atoms with Gasteiger partial charge < -0.3 is 9.47 Å². The van der Waals surface area contributed by atoms with Crippen LogP contribution in [0.1, 0.15) is 27.1 Å². The second kappa shape index (κ2) is 11.0. The Morgan fingerprint density at radius 3 is 1.14 bits per heavy atom. The van der Waals surface area contributed by atoms with Crippen LogP contribution in [-0.2, 0) is 9.47 Å². The predicted octanol–water partition coefficient (Wildman–Crippen LogP) is 6.09. The number of hydrogen-bond donors (Lipinski definition) is 0. The molecule has 35 heavy (non-hydrogen) atoms. The van der Waals surface area contributed by atoms with E-state index < -0.39 is 101 Å². The molecule has 0 fully saturated rings. The van der Waals surface area contributed by atoms with Crippen LogP contribution in [0.25, 0.3) is 20.9 Å². The molecule has 0 aromatic heterocycles. The highest BCUT2D eigenvalue weighted by atomic mass is 19.2. The van der Waals surface area contributed by atoms with Crippen LogP contribution in [0.3, 0.4) is 0 Å². The van der Waals surface area contributed by atoms with E-state index in [-0.39, 0.29) is 0 Å². The van der Waals surface area contributed by atoms with E-state index >= 15 is 0 Å².